The Hall–Kier alpha value is -1.58. The molecule has 0 aromatic heterocycles. The molecular weight excluding hydrogens is 303 g/mol. The Morgan fingerprint density at radius 3 is 2.52 bits per heavy atom. The molecule has 0 radical (unpaired) electrons. The summed E-state index contributed by atoms with van der Waals surface area (Å²) >= 11 is 0. The first kappa shape index (κ1) is 17.5. The number of nitro groups is 1. The average Bonchev–Trinajstić information content (AvgIpc) is 2.36. The van der Waals surface area contributed by atoms with Gasteiger partial charge in [0.1, 0.15) is 0 Å². The topological polar surface area (TPSA) is 110 Å². The van der Waals surface area contributed by atoms with E-state index < -0.39 is 31.9 Å². The van der Waals surface area contributed by atoms with Crippen LogP contribution in [-0.4, -0.2) is 31.6 Å². The summed E-state index contributed by atoms with van der Waals surface area (Å²) in [6.07, 6.45) is 0.393. The molecule has 1 aromatic carbocycles. The van der Waals surface area contributed by atoms with Crippen molar-refractivity contribution in [1.29, 1.82) is 0 Å². The molecule has 0 heterocycles. The first-order valence-corrected chi connectivity index (χ1v) is 7.62. The normalized spacial score (nSPS) is 12.4. The fourth-order valence-electron chi connectivity index (χ4n) is 1.57. The number of rotatable bonds is 7. The van der Waals surface area contributed by atoms with Crippen molar-refractivity contribution in [3.8, 4) is 0 Å². The lowest BCUT2D eigenvalue weighted by Gasteiger charge is -2.23. The number of hydrogen-bond donors (Lipinski definition) is 2. The predicted octanol–water partition coefficient (Wildman–Crippen LogP) is 1.42. The van der Waals surface area contributed by atoms with Gasteiger partial charge in [0.05, 0.1) is 9.82 Å². The van der Waals surface area contributed by atoms with Crippen LogP contribution in [0.25, 0.3) is 0 Å². The molecule has 0 saturated heterocycles. The van der Waals surface area contributed by atoms with Crippen LogP contribution in [-0.2, 0) is 10.0 Å². The smallest absolute Gasteiger partial charge is 0.304 e. The van der Waals surface area contributed by atoms with E-state index in [2.05, 4.69) is 4.72 Å². The highest BCUT2D eigenvalue weighted by Crippen LogP contribution is 2.22. The van der Waals surface area contributed by atoms with E-state index in [1.165, 1.54) is 0 Å². The van der Waals surface area contributed by atoms with Crippen molar-refractivity contribution in [3.63, 3.8) is 0 Å². The first-order chi connectivity index (χ1) is 9.59. The minimum Gasteiger partial charge on any atom is -0.396 e. The lowest BCUT2D eigenvalue weighted by molar-refractivity contribution is -0.387. The SMILES string of the molecule is CC(C)(CCO)CNS(=O)(=O)c1ccc([N+](=O)[O-])c(F)c1. The molecular formula is C12H17FN2O5S. The van der Waals surface area contributed by atoms with E-state index in [1.54, 1.807) is 13.8 Å². The number of aliphatic hydroxyl groups is 1. The molecule has 2 N–H and O–H groups in total. The van der Waals surface area contributed by atoms with Crippen LogP contribution in [0.2, 0.25) is 0 Å². The molecule has 0 aliphatic heterocycles. The lowest BCUT2D eigenvalue weighted by atomic mass is 9.90. The molecule has 0 aliphatic rings. The fourth-order valence-corrected chi connectivity index (χ4v) is 2.82. The second kappa shape index (κ2) is 6.46. The van der Waals surface area contributed by atoms with Crippen LogP contribution in [0.4, 0.5) is 10.1 Å². The summed E-state index contributed by atoms with van der Waals surface area (Å²) in [7, 11) is -3.97. The van der Waals surface area contributed by atoms with Crippen molar-refractivity contribution >= 4 is 15.7 Å². The summed E-state index contributed by atoms with van der Waals surface area (Å²) in [5.74, 6) is -1.21. The van der Waals surface area contributed by atoms with Crippen LogP contribution in [0, 0.1) is 21.3 Å². The summed E-state index contributed by atoms with van der Waals surface area (Å²) in [6.45, 7) is 3.50. The fraction of sp³-hybridized carbons (Fsp3) is 0.500. The van der Waals surface area contributed by atoms with Gasteiger partial charge in [0.2, 0.25) is 15.8 Å². The second-order valence-corrected chi connectivity index (χ2v) is 7.10. The molecule has 0 spiro atoms. The van der Waals surface area contributed by atoms with E-state index in [0.29, 0.717) is 12.5 Å². The van der Waals surface area contributed by atoms with E-state index in [1.807, 2.05) is 0 Å². The number of halogens is 1. The quantitative estimate of drug-likeness (QED) is 0.583. The summed E-state index contributed by atoms with van der Waals surface area (Å²) in [5.41, 5.74) is -1.25. The van der Waals surface area contributed by atoms with Crippen molar-refractivity contribution in [2.75, 3.05) is 13.2 Å². The maximum absolute atomic E-state index is 13.5. The van der Waals surface area contributed by atoms with Crippen LogP contribution in [0.5, 0.6) is 0 Å². The Kier molecular flexibility index (Phi) is 5.37. The van der Waals surface area contributed by atoms with Crippen LogP contribution in [0.1, 0.15) is 20.3 Å². The number of nitrogens with one attached hydrogen (secondary N) is 1. The van der Waals surface area contributed by atoms with Gasteiger partial charge in [0.15, 0.2) is 0 Å². The van der Waals surface area contributed by atoms with Crippen molar-refractivity contribution in [1.82, 2.24) is 4.72 Å². The predicted molar refractivity (Wildman–Crippen MR) is 73.7 cm³/mol. The summed E-state index contributed by atoms with van der Waals surface area (Å²) < 4.78 is 39.8. The minimum absolute atomic E-state index is 0.0501. The highest BCUT2D eigenvalue weighted by atomic mass is 32.2. The number of nitrogens with zero attached hydrogens (tertiary/aromatic N) is 1. The van der Waals surface area contributed by atoms with Gasteiger partial charge in [-0.1, -0.05) is 13.8 Å². The van der Waals surface area contributed by atoms with Gasteiger partial charge >= 0.3 is 5.69 Å². The zero-order chi connectivity index (χ0) is 16.3. The average molecular weight is 320 g/mol. The summed E-state index contributed by atoms with van der Waals surface area (Å²) in [6, 6.07) is 2.39. The van der Waals surface area contributed by atoms with Gasteiger partial charge in [-0.25, -0.2) is 13.1 Å². The molecule has 0 saturated carbocycles. The number of sulfonamides is 1. The monoisotopic (exact) mass is 320 g/mol. The third kappa shape index (κ3) is 4.73. The molecule has 0 unspecified atom stereocenters. The van der Waals surface area contributed by atoms with E-state index in [0.717, 1.165) is 12.1 Å². The van der Waals surface area contributed by atoms with Gasteiger partial charge in [-0.3, -0.25) is 10.1 Å². The second-order valence-electron chi connectivity index (χ2n) is 5.33. The van der Waals surface area contributed by atoms with Gasteiger partial charge in [-0.2, -0.15) is 4.39 Å². The maximum Gasteiger partial charge on any atom is 0.304 e. The Bertz CT molecular complexity index is 631. The molecule has 21 heavy (non-hydrogen) atoms. The Balaban J connectivity index is 2.94. The summed E-state index contributed by atoms with van der Waals surface area (Å²) in [5, 5.41) is 19.4. The van der Waals surface area contributed by atoms with Gasteiger partial charge in [0.25, 0.3) is 0 Å². The van der Waals surface area contributed by atoms with Gasteiger partial charge in [0, 0.05) is 25.3 Å². The molecule has 0 bridgehead atoms. The molecule has 0 fully saturated rings. The number of nitro benzene ring substituents is 1. The molecule has 1 aromatic rings. The van der Waals surface area contributed by atoms with Crippen LogP contribution >= 0.6 is 0 Å². The van der Waals surface area contributed by atoms with Gasteiger partial charge < -0.3 is 5.11 Å². The van der Waals surface area contributed by atoms with Gasteiger partial charge in [-0.15, -0.1) is 0 Å². The Labute approximate surface area is 122 Å². The van der Waals surface area contributed by atoms with Crippen molar-refractivity contribution in [2.24, 2.45) is 5.41 Å². The third-order valence-corrected chi connectivity index (χ3v) is 4.35. The third-order valence-electron chi connectivity index (χ3n) is 2.96. The summed E-state index contributed by atoms with van der Waals surface area (Å²) in [4.78, 5) is 9.18. The largest absolute Gasteiger partial charge is 0.396 e. The highest BCUT2D eigenvalue weighted by molar-refractivity contribution is 7.89. The van der Waals surface area contributed by atoms with Crippen LogP contribution < -0.4 is 4.72 Å². The van der Waals surface area contributed by atoms with E-state index >= 15 is 0 Å². The van der Waals surface area contributed by atoms with E-state index in [9.17, 15) is 22.9 Å². The zero-order valence-electron chi connectivity index (χ0n) is 11.7. The lowest BCUT2D eigenvalue weighted by Crippen LogP contribution is -2.34. The Morgan fingerprint density at radius 1 is 1.43 bits per heavy atom. The number of hydrogen-bond acceptors (Lipinski definition) is 5. The minimum atomic E-state index is -3.97. The van der Waals surface area contributed by atoms with Crippen molar-refractivity contribution < 1.29 is 22.8 Å². The molecule has 0 atom stereocenters. The zero-order valence-corrected chi connectivity index (χ0v) is 12.5. The molecule has 7 nitrogen and oxygen atoms in total. The molecule has 118 valence electrons. The molecule has 0 aliphatic carbocycles. The first-order valence-electron chi connectivity index (χ1n) is 6.13. The Morgan fingerprint density at radius 2 is 2.05 bits per heavy atom. The van der Waals surface area contributed by atoms with E-state index in [4.69, 9.17) is 5.11 Å². The molecule has 0 amide bonds. The molecule has 1 rings (SSSR count). The maximum atomic E-state index is 13.5. The van der Waals surface area contributed by atoms with Crippen molar-refractivity contribution in [2.45, 2.75) is 25.2 Å². The van der Waals surface area contributed by atoms with Crippen LogP contribution in [0.15, 0.2) is 23.1 Å². The van der Waals surface area contributed by atoms with Crippen molar-refractivity contribution in [3.05, 3.63) is 34.1 Å². The standard InChI is InChI=1S/C12H17FN2O5S/c1-12(2,5-6-16)8-14-21(19,20)9-3-4-11(15(17)18)10(13)7-9/h3-4,7,14,16H,5-6,8H2,1-2H3. The van der Waals surface area contributed by atoms with Gasteiger partial charge in [-0.05, 0) is 17.9 Å². The molecule has 9 heteroatoms. The van der Waals surface area contributed by atoms with E-state index in [-0.39, 0.29) is 18.0 Å². The van der Waals surface area contributed by atoms with Crippen LogP contribution in [0.3, 0.4) is 0 Å². The number of benzene rings is 1. The number of aliphatic hydroxyl groups excluding tert-OH is 1. The highest BCUT2D eigenvalue weighted by Gasteiger charge is 2.24.